The molecule has 21 heavy (non-hydrogen) atoms. The molecule has 0 bridgehead atoms. The molecule has 0 aromatic heterocycles. The standard InChI is InChI=1S/C18H21NO2/c1-3-11-21-17-10-9-16(18(20)12-17)13-19-14(2)15-7-5-4-6-8-15/h4-10,12-14,20H,3,11H2,1-2H3/t14-/m1/s1. The third-order valence-corrected chi connectivity index (χ3v) is 3.19. The number of aliphatic imine (C=N–C) groups is 1. The van der Waals surface area contributed by atoms with E-state index in [-0.39, 0.29) is 11.8 Å². The second kappa shape index (κ2) is 7.48. The van der Waals surface area contributed by atoms with Gasteiger partial charge in [0.25, 0.3) is 0 Å². The van der Waals surface area contributed by atoms with Gasteiger partial charge in [-0.15, -0.1) is 0 Å². The monoisotopic (exact) mass is 283 g/mol. The van der Waals surface area contributed by atoms with Crippen LogP contribution in [-0.4, -0.2) is 17.9 Å². The summed E-state index contributed by atoms with van der Waals surface area (Å²) in [6, 6.07) is 15.4. The summed E-state index contributed by atoms with van der Waals surface area (Å²) in [4.78, 5) is 4.49. The van der Waals surface area contributed by atoms with Gasteiger partial charge in [-0.2, -0.15) is 0 Å². The fraction of sp³-hybridized carbons (Fsp3) is 0.278. The molecule has 0 spiro atoms. The summed E-state index contributed by atoms with van der Waals surface area (Å²) < 4.78 is 5.48. The van der Waals surface area contributed by atoms with Crippen LogP contribution in [0.2, 0.25) is 0 Å². The Kier molecular flexibility index (Phi) is 5.38. The highest BCUT2D eigenvalue weighted by atomic mass is 16.5. The Morgan fingerprint density at radius 1 is 1.19 bits per heavy atom. The molecule has 2 rings (SSSR count). The first kappa shape index (κ1) is 15.1. The van der Waals surface area contributed by atoms with Gasteiger partial charge in [-0.1, -0.05) is 37.3 Å². The number of hydrogen-bond acceptors (Lipinski definition) is 3. The van der Waals surface area contributed by atoms with E-state index in [0.29, 0.717) is 17.9 Å². The molecule has 110 valence electrons. The fourth-order valence-corrected chi connectivity index (χ4v) is 1.95. The molecule has 0 aliphatic carbocycles. The Hall–Kier alpha value is -2.29. The van der Waals surface area contributed by atoms with Crippen LogP contribution in [0, 0.1) is 0 Å². The lowest BCUT2D eigenvalue weighted by Crippen LogP contribution is -1.95. The lowest BCUT2D eigenvalue weighted by molar-refractivity contribution is 0.315. The van der Waals surface area contributed by atoms with Crippen LogP contribution in [0.3, 0.4) is 0 Å². The van der Waals surface area contributed by atoms with Gasteiger partial charge in [-0.3, -0.25) is 4.99 Å². The van der Waals surface area contributed by atoms with Crippen molar-refractivity contribution < 1.29 is 9.84 Å². The van der Waals surface area contributed by atoms with Gasteiger partial charge in [0.2, 0.25) is 0 Å². The molecule has 0 aliphatic rings. The van der Waals surface area contributed by atoms with Gasteiger partial charge < -0.3 is 9.84 Å². The lowest BCUT2D eigenvalue weighted by atomic mass is 10.1. The van der Waals surface area contributed by atoms with Crippen molar-refractivity contribution in [2.45, 2.75) is 26.3 Å². The highest BCUT2D eigenvalue weighted by Gasteiger charge is 2.04. The number of aromatic hydroxyl groups is 1. The molecule has 1 atom stereocenters. The predicted molar refractivity (Wildman–Crippen MR) is 86.3 cm³/mol. The molecular formula is C18H21NO2. The van der Waals surface area contributed by atoms with Crippen LogP contribution < -0.4 is 4.74 Å². The highest BCUT2D eigenvalue weighted by molar-refractivity contribution is 5.83. The van der Waals surface area contributed by atoms with Crippen LogP contribution in [0.25, 0.3) is 0 Å². The van der Waals surface area contributed by atoms with Gasteiger partial charge >= 0.3 is 0 Å². The summed E-state index contributed by atoms with van der Waals surface area (Å²) >= 11 is 0. The summed E-state index contributed by atoms with van der Waals surface area (Å²) in [7, 11) is 0. The van der Waals surface area contributed by atoms with Crippen LogP contribution in [-0.2, 0) is 0 Å². The van der Waals surface area contributed by atoms with Crippen molar-refractivity contribution in [1.82, 2.24) is 0 Å². The van der Waals surface area contributed by atoms with E-state index >= 15 is 0 Å². The smallest absolute Gasteiger partial charge is 0.128 e. The van der Waals surface area contributed by atoms with Crippen LogP contribution in [0.1, 0.15) is 37.4 Å². The maximum absolute atomic E-state index is 10.0. The minimum Gasteiger partial charge on any atom is -0.507 e. The maximum atomic E-state index is 10.0. The van der Waals surface area contributed by atoms with Gasteiger partial charge in [0.1, 0.15) is 11.5 Å². The molecule has 0 saturated carbocycles. The molecule has 0 unspecified atom stereocenters. The number of benzene rings is 2. The largest absolute Gasteiger partial charge is 0.507 e. The molecule has 0 amide bonds. The number of ether oxygens (including phenoxy) is 1. The van der Waals surface area contributed by atoms with Crippen molar-refractivity contribution in [3.8, 4) is 11.5 Å². The molecule has 3 nitrogen and oxygen atoms in total. The minimum atomic E-state index is 0.0571. The summed E-state index contributed by atoms with van der Waals surface area (Å²) in [5.41, 5.74) is 1.85. The predicted octanol–water partition coefficient (Wildman–Crippen LogP) is 4.36. The van der Waals surface area contributed by atoms with E-state index in [4.69, 9.17) is 4.74 Å². The number of phenols is 1. The van der Waals surface area contributed by atoms with Crippen molar-refractivity contribution in [2.75, 3.05) is 6.61 Å². The van der Waals surface area contributed by atoms with E-state index in [0.717, 1.165) is 12.0 Å². The number of rotatable bonds is 6. The minimum absolute atomic E-state index is 0.0571. The van der Waals surface area contributed by atoms with Crippen LogP contribution in [0.15, 0.2) is 53.5 Å². The topological polar surface area (TPSA) is 41.8 Å². The Labute approximate surface area is 125 Å². The second-order valence-corrected chi connectivity index (χ2v) is 4.93. The third-order valence-electron chi connectivity index (χ3n) is 3.19. The van der Waals surface area contributed by atoms with Crippen molar-refractivity contribution in [3.63, 3.8) is 0 Å². The molecule has 0 fully saturated rings. The SMILES string of the molecule is CCCOc1ccc(C=N[C@H](C)c2ccccc2)c(O)c1. The van der Waals surface area contributed by atoms with Crippen LogP contribution in [0.4, 0.5) is 0 Å². The number of nitrogens with zero attached hydrogens (tertiary/aromatic N) is 1. The van der Waals surface area contributed by atoms with E-state index in [9.17, 15) is 5.11 Å². The average Bonchev–Trinajstić information content (AvgIpc) is 2.52. The maximum Gasteiger partial charge on any atom is 0.128 e. The fourth-order valence-electron chi connectivity index (χ4n) is 1.95. The zero-order valence-electron chi connectivity index (χ0n) is 12.5. The van der Waals surface area contributed by atoms with Crippen molar-refractivity contribution in [3.05, 3.63) is 59.7 Å². The molecular weight excluding hydrogens is 262 g/mol. The molecule has 0 radical (unpaired) electrons. The second-order valence-electron chi connectivity index (χ2n) is 4.93. The molecule has 3 heteroatoms. The Morgan fingerprint density at radius 2 is 1.95 bits per heavy atom. The Bertz CT molecular complexity index is 593. The van der Waals surface area contributed by atoms with Crippen molar-refractivity contribution in [1.29, 1.82) is 0 Å². The summed E-state index contributed by atoms with van der Waals surface area (Å²) in [6.45, 7) is 4.73. The van der Waals surface area contributed by atoms with E-state index in [1.165, 1.54) is 0 Å². The summed E-state index contributed by atoms with van der Waals surface area (Å²) in [6.07, 6.45) is 2.65. The zero-order chi connectivity index (χ0) is 15.1. The molecule has 2 aromatic rings. The van der Waals surface area contributed by atoms with E-state index < -0.39 is 0 Å². The van der Waals surface area contributed by atoms with Crippen molar-refractivity contribution >= 4 is 6.21 Å². The van der Waals surface area contributed by atoms with Crippen LogP contribution >= 0.6 is 0 Å². The van der Waals surface area contributed by atoms with Crippen LogP contribution in [0.5, 0.6) is 11.5 Å². The first-order valence-corrected chi connectivity index (χ1v) is 7.24. The number of phenolic OH excluding ortho intramolecular Hbond substituents is 1. The molecule has 0 saturated heterocycles. The highest BCUT2D eigenvalue weighted by Crippen LogP contribution is 2.23. The molecule has 2 aromatic carbocycles. The van der Waals surface area contributed by atoms with E-state index in [1.807, 2.05) is 56.3 Å². The molecule has 0 heterocycles. The van der Waals surface area contributed by atoms with Gasteiger partial charge in [0, 0.05) is 17.8 Å². The van der Waals surface area contributed by atoms with Gasteiger partial charge in [-0.05, 0) is 31.0 Å². The van der Waals surface area contributed by atoms with Gasteiger partial charge in [-0.25, -0.2) is 0 Å². The average molecular weight is 283 g/mol. The molecule has 0 aliphatic heterocycles. The normalized spacial score (nSPS) is 12.5. The quantitative estimate of drug-likeness (QED) is 0.800. The van der Waals surface area contributed by atoms with Gasteiger partial charge in [0.05, 0.1) is 12.6 Å². The van der Waals surface area contributed by atoms with Crippen molar-refractivity contribution in [2.24, 2.45) is 4.99 Å². The summed E-state index contributed by atoms with van der Waals surface area (Å²) in [5, 5.41) is 10.0. The summed E-state index contributed by atoms with van der Waals surface area (Å²) in [5.74, 6) is 0.871. The molecule has 1 N–H and O–H groups in total. The zero-order valence-corrected chi connectivity index (χ0v) is 12.5. The van der Waals surface area contributed by atoms with E-state index in [1.54, 1.807) is 12.3 Å². The van der Waals surface area contributed by atoms with Gasteiger partial charge in [0.15, 0.2) is 0 Å². The third kappa shape index (κ3) is 4.35. The first-order valence-electron chi connectivity index (χ1n) is 7.24. The van der Waals surface area contributed by atoms with E-state index in [2.05, 4.69) is 4.99 Å². The Morgan fingerprint density at radius 3 is 2.62 bits per heavy atom. The number of hydrogen-bond donors (Lipinski definition) is 1. The lowest BCUT2D eigenvalue weighted by Gasteiger charge is -2.08. The Balaban J connectivity index is 2.07. The first-order chi connectivity index (χ1) is 10.2.